The van der Waals surface area contributed by atoms with Gasteiger partial charge in [0.15, 0.2) is 0 Å². The van der Waals surface area contributed by atoms with E-state index < -0.39 is 0 Å². The van der Waals surface area contributed by atoms with Gasteiger partial charge in [0.25, 0.3) is 0 Å². The summed E-state index contributed by atoms with van der Waals surface area (Å²) in [7, 11) is 0. The van der Waals surface area contributed by atoms with Crippen LogP contribution in [0.3, 0.4) is 0 Å². The lowest BCUT2D eigenvalue weighted by Crippen LogP contribution is -2.33. The molecule has 0 aliphatic heterocycles. The number of hydrogen-bond acceptors (Lipinski definition) is 2. The molecule has 20 heavy (non-hydrogen) atoms. The molecule has 2 aromatic rings. The molecule has 0 radical (unpaired) electrons. The highest BCUT2D eigenvalue weighted by atomic mass is 35.5. The fourth-order valence-corrected chi connectivity index (χ4v) is 2.93. The molecule has 0 amide bonds. The van der Waals surface area contributed by atoms with E-state index in [4.69, 9.17) is 28.9 Å². The fraction of sp³-hybridized carbons (Fsp3) is 0.250. The minimum atomic E-state index is 0.0344. The van der Waals surface area contributed by atoms with E-state index in [9.17, 15) is 0 Å². The summed E-state index contributed by atoms with van der Waals surface area (Å²) in [5.74, 6) is 0. The molecule has 106 valence electrons. The van der Waals surface area contributed by atoms with Gasteiger partial charge in [-0.2, -0.15) is 0 Å². The lowest BCUT2D eigenvalue weighted by molar-refractivity contribution is 0.643. The van der Waals surface area contributed by atoms with Gasteiger partial charge in [0.05, 0.1) is 6.04 Å². The van der Waals surface area contributed by atoms with E-state index in [1.165, 1.54) is 0 Å². The first-order valence-electron chi connectivity index (χ1n) is 6.64. The van der Waals surface area contributed by atoms with Gasteiger partial charge < -0.3 is 10.6 Å². The zero-order valence-electron chi connectivity index (χ0n) is 11.4. The van der Waals surface area contributed by atoms with Gasteiger partial charge in [0, 0.05) is 28.8 Å². The third-order valence-corrected chi connectivity index (χ3v) is 3.91. The molecule has 0 aliphatic carbocycles. The Morgan fingerprint density at radius 3 is 2.35 bits per heavy atom. The number of halogens is 2. The summed E-state index contributed by atoms with van der Waals surface area (Å²) in [5.41, 5.74) is 8.13. The van der Waals surface area contributed by atoms with Crippen molar-refractivity contribution >= 4 is 28.9 Å². The highest BCUT2D eigenvalue weighted by Gasteiger charge is 2.20. The molecular weight excluding hydrogens is 291 g/mol. The van der Waals surface area contributed by atoms with Crippen molar-refractivity contribution in [3.63, 3.8) is 0 Å². The fourth-order valence-electron chi connectivity index (χ4n) is 2.40. The maximum absolute atomic E-state index is 6.32. The van der Waals surface area contributed by atoms with E-state index in [0.717, 1.165) is 17.8 Å². The Morgan fingerprint density at radius 1 is 1.10 bits per heavy atom. The summed E-state index contributed by atoms with van der Waals surface area (Å²) < 4.78 is 0. The summed E-state index contributed by atoms with van der Waals surface area (Å²) >= 11 is 12.3. The van der Waals surface area contributed by atoms with Crippen LogP contribution in [0.2, 0.25) is 10.0 Å². The largest absolute Gasteiger partial charge is 0.363 e. The van der Waals surface area contributed by atoms with E-state index in [1.54, 1.807) is 6.07 Å². The Balaban J connectivity index is 2.39. The first-order chi connectivity index (χ1) is 9.67. The summed E-state index contributed by atoms with van der Waals surface area (Å²) in [6.45, 7) is 3.45. The summed E-state index contributed by atoms with van der Waals surface area (Å²) in [4.78, 5) is 2.25. The third kappa shape index (κ3) is 3.26. The van der Waals surface area contributed by atoms with Gasteiger partial charge in [-0.05, 0) is 36.8 Å². The second-order valence-electron chi connectivity index (χ2n) is 4.54. The lowest BCUT2D eigenvalue weighted by Gasteiger charge is -2.33. The average Bonchev–Trinajstić information content (AvgIpc) is 2.46. The van der Waals surface area contributed by atoms with Crippen LogP contribution in [-0.2, 0) is 0 Å². The second kappa shape index (κ2) is 6.98. The summed E-state index contributed by atoms with van der Waals surface area (Å²) in [5, 5.41) is 1.29. The normalized spacial score (nSPS) is 12.2. The molecule has 0 spiro atoms. The Hall–Kier alpha value is -1.22. The van der Waals surface area contributed by atoms with Gasteiger partial charge >= 0.3 is 0 Å². The SMILES string of the molecule is CCN(c1ccccc1)C(CN)c1ccc(Cl)cc1Cl. The van der Waals surface area contributed by atoms with Gasteiger partial charge in [-0.15, -0.1) is 0 Å². The Labute approximate surface area is 130 Å². The van der Waals surface area contributed by atoms with Crippen molar-refractivity contribution in [2.24, 2.45) is 5.73 Å². The minimum absolute atomic E-state index is 0.0344. The highest BCUT2D eigenvalue weighted by Crippen LogP contribution is 2.32. The zero-order chi connectivity index (χ0) is 14.5. The van der Waals surface area contributed by atoms with Crippen molar-refractivity contribution in [1.29, 1.82) is 0 Å². The average molecular weight is 309 g/mol. The first kappa shape index (κ1) is 15.2. The van der Waals surface area contributed by atoms with Crippen molar-refractivity contribution in [2.45, 2.75) is 13.0 Å². The van der Waals surface area contributed by atoms with Crippen molar-refractivity contribution in [2.75, 3.05) is 18.0 Å². The molecule has 2 aromatic carbocycles. The number of benzene rings is 2. The molecule has 4 heteroatoms. The predicted molar refractivity (Wildman–Crippen MR) is 87.7 cm³/mol. The number of likely N-dealkylation sites (N-methyl/N-ethyl adjacent to an activating group) is 1. The van der Waals surface area contributed by atoms with Gasteiger partial charge in [-0.3, -0.25) is 0 Å². The molecule has 1 unspecified atom stereocenters. The van der Waals surface area contributed by atoms with Crippen LogP contribution in [0.1, 0.15) is 18.5 Å². The predicted octanol–water partition coefficient (Wildman–Crippen LogP) is 4.52. The minimum Gasteiger partial charge on any atom is -0.363 e. The smallest absolute Gasteiger partial charge is 0.0679 e. The first-order valence-corrected chi connectivity index (χ1v) is 7.39. The summed E-state index contributed by atoms with van der Waals surface area (Å²) in [6, 6.07) is 15.8. The van der Waals surface area contributed by atoms with E-state index in [-0.39, 0.29) is 6.04 Å². The quantitative estimate of drug-likeness (QED) is 0.880. The number of anilines is 1. The monoisotopic (exact) mass is 308 g/mol. The molecule has 0 fully saturated rings. The molecule has 0 heterocycles. The van der Waals surface area contributed by atoms with Crippen LogP contribution in [-0.4, -0.2) is 13.1 Å². The van der Waals surface area contributed by atoms with Gasteiger partial charge in [0.2, 0.25) is 0 Å². The van der Waals surface area contributed by atoms with E-state index in [2.05, 4.69) is 24.0 Å². The van der Waals surface area contributed by atoms with Crippen molar-refractivity contribution in [3.8, 4) is 0 Å². The Kier molecular flexibility index (Phi) is 5.30. The number of nitrogens with two attached hydrogens (primary N) is 1. The molecule has 0 aliphatic rings. The topological polar surface area (TPSA) is 29.3 Å². The standard InChI is InChI=1S/C16H18Cl2N2/c1-2-20(13-6-4-3-5-7-13)16(11-19)14-9-8-12(17)10-15(14)18/h3-10,16H,2,11,19H2,1H3. The third-order valence-electron chi connectivity index (χ3n) is 3.35. The number of hydrogen-bond donors (Lipinski definition) is 1. The van der Waals surface area contributed by atoms with E-state index >= 15 is 0 Å². The molecule has 0 aromatic heterocycles. The maximum Gasteiger partial charge on any atom is 0.0679 e. The number of para-hydroxylation sites is 1. The molecule has 2 nitrogen and oxygen atoms in total. The van der Waals surface area contributed by atoms with Crippen LogP contribution < -0.4 is 10.6 Å². The van der Waals surface area contributed by atoms with Crippen molar-refractivity contribution < 1.29 is 0 Å². The lowest BCUT2D eigenvalue weighted by atomic mass is 10.0. The van der Waals surface area contributed by atoms with Crippen molar-refractivity contribution in [1.82, 2.24) is 0 Å². The molecule has 2 rings (SSSR count). The molecular formula is C16H18Cl2N2. The Morgan fingerprint density at radius 2 is 1.80 bits per heavy atom. The van der Waals surface area contributed by atoms with Crippen LogP contribution in [0.5, 0.6) is 0 Å². The number of rotatable bonds is 5. The molecule has 0 bridgehead atoms. The van der Waals surface area contributed by atoms with Gasteiger partial charge in [-0.1, -0.05) is 47.5 Å². The maximum atomic E-state index is 6.32. The van der Waals surface area contributed by atoms with Crippen LogP contribution >= 0.6 is 23.2 Å². The van der Waals surface area contributed by atoms with Crippen LogP contribution in [0.25, 0.3) is 0 Å². The van der Waals surface area contributed by atoms with E-state index in [0.29, 0.717) is 16.6 Å². The molecule has 0 saturated carbocycles. The molecule has 2 N–H and O–H groups in total. The molecule has 0 saturated heterocycles. The highest BCUT2D eigenvalue weighted by molar-refractivity contribution is 6.35. The van der Waals surface area contributed by atoms with Crippen LogP contribution in [0.4, 0.5) is 5.69 Å². The number of nitrogens with zero attached hydrogens (tertiary/aromatic N) is 1. The van der Waals surface area contributed by atoms with Crippen LogP contribution in [0.15, 0.2) is 48.5 Å². The van der Waals surface area contributed by atoms with Gasteiger partial charge in [0.1, 0.15) is 0 Å². The molecule has 1 atom stereocenters. The Bertz CT molecular complexity index is 558. The zero-order valence-corrected chi connectivity index (χ0v) is 12.9. The summed E-state index contributed by atoms with van der Waals surface area (Å²) in [6.07, 6.45) is 0. The van der Waals surface area contributed by atoms with Gasteiger partial charge in [-0.25, -0.2) is 0 Å². The van der Waals surface area contributed by atoms with E-state index in [1.807, 2.05) is 30.3 Å². The second-order valence-corrected chi connectivity index (χ2v) is 5.38. The van der Waals surface area contributed by atoms with Crippen molar-refractivity contribution in [3.05, 3.63) is 64.1 Å². The van der Waals surface area contributed by atoms with Crippen LogP contribution in [0, 0.1) is 0 Å².